The molecule has 0 aliphatic carbocycles. The minimum Gasteiger partial charge on any atom is -1.00 e. The van der Waals surface area contributed by atoms with E-state index in [9.17, 15) is 4.79 Å². The van der Waals surface area contributed by atoms with Crippen molar-refractivity contribution in [1.29, 1.82) is 0 Å². The van der Waals surface area contributed by atoms with Crippen LogP contribution in [0.4, 0.5) is 0 Å². The van der Waals surface area contributed by atoms with Gasteiger partial charge in [-0.2, -0.15) is 0 Å². The van der Waals surface area contributed by atoms with E-state index in [0.717, 1.165) is 12.1 Å². The van der Waals surface area contributed by atoms with Gasteiger partial charge in [-0.3, -0.25) is 0 Å². The molecule has 14 heavy (non-hydrogen) atoms. The van der Waals surface area contributed by atoms with Gasteiger partial charge in [0.1, 0.15) is 0 Å². The number of carboxylic acids is 1. The number of benzene rings is 1. The van der Waals surface area contributed by atoms with Crippen LogP contribution < -0.4 is 51.4 Å². The van der Waals surface area contributed by atoms with Crippen molar-refractivity contribution < 1.29 is 72.9 Å². The molecular weight excluding hydrogens is 255 g/mol. The number of aromatic carboxylic acids is 1. The van der Waals surface area contributed by atoms with Gasteiger partial charge in [0.25, 0.3) is 0 Å². The third kappa shape index (κ3) is 3.97. The molecule has 0 atom stereocenters. The third-order valence-electron chi connectivity index (χ3n) is 1.32. The van der Waals surface area contributed by atoms with Crippen LogP contribution in [0.5, 0.6) is 11.5 Å². The molecule has 3 N–H and O–H groups in total. The summed E-state index contributed by atoms with van der Waals surface area (Å²) in [6.45, 7) is 0. The number of thiol groups is 1. The Hall–Kier alpha value is 0.566. The summed E-state index contributed by atoms with van der Waals surface area (Å²) in [4.78, 5) is 10.4. The molecular formula is C7H8ClKO4S. The van der Waals surface area contributed by atoms with Crippen molar-refractivity contribution in [3.63, 3.8) is 0 Å². The fraction of sp³-hybridized carbons (Fsp3) is 0. The summed E-state index contributed by atoms with van der Waals surface area (Å²) in [5, 5.41) is 26.5. The van der Waals surface area contributed by atoms with E-state index < -0.39 is 17.5 Å². The molecule has 4 nitrogen and oxygen atoms in total. The van der Waals surface area contributed by atoms with Crippen LogP contribution in [0, 0.1) is 0 Å². The number of hydrogen-bond acceptors (Lipinski definition) is 4. The normalized spacial score (nSPS) is 8.36. The van der Waals surface area contributed by atoms with Crippen molar-refractivity contribution in [2.24, 2.45) is 0 Å². The van der Waals surface area contributed by atoms with E-state index in [1.165, 1.54) is 0 Å². The molecule has 74 valence electrons. The molecule has 0 heterocycles. The van der Waals surface area contributed by atoms with E-state index >= 15 is 0 Å². The summed E-state index contributed by atoms with van der Waals surface area (Å²) < 4.78 is 0. The summed E-state index contributed by atoms with van der Waals surface area (Å²) in [6.07, 6.45) is 0. The van der Waals surface area contributed by atoms with Crippen molar-refractivity contribution >= 4 is 31.0 Å². The monoisotopic (exact) mass is 262 g/mol. The first-order valence-corrected chi connectivity index (χ1v) is 3.45. The van der Waals surface area contributed by atoms with Crippen molar-refractivity contribution in [3.8, 4) is 11.5 Å². The van der Waals surface area contributed by atoms with Gasteiger partial charge in [-0.1, -0.05) is 0 Å². The molecule has 0 saturated heterocycles. The van der Waals surface area contributed by atoms with Crippen LogP contribution in [-0.2, 0) is 0 Å². The van der Waals surface area contributed by atoms with Crippen LogP contribution in [0.1, 0.15) is 11.8 Å². The zero-order valence-corrected chi connectivity index (χ0v) is 12.1. The van der Waals surface area contributed by atoms with Gasteiger partial charge in [0.05, 0.1) is 10.5 Å². The molecule has 0 bridgehead atoms. The van der Waals surface area contributed by atoms with Crippen LogP contribution in [0.15, 0.2) is 17.0 Å². The van der Waals surface area contributed by atoms with Crippen molar-refractivity contribution in [1.82, 2.24) is 0 Å². The molecule has 0 unspecified atom stereocenters. The Bertz CT molecular complexity index is 327. The van der Waals surface area contributed by atoms with Gasteiger partial charge in [-0.15, -0.1) is 25.0 Å². The van der Waals surface area contributed by atoms with Gasteiger partial charge in [-0.05, 0) is 12.1 Å². The standard InChI is InChI=1S/C7H6O4S.ClH.K.H/c8-4-1-3(7(10)11)2-5(12)6(4)9;;;/h1-2,8-9,12H,(H,10,11);1H;;/q;;+1;-1. The van der Waals surface area contributed by atoms with Crippen LogP contribution in [0.25, 0.3) is 0 Å². The van der Waals surface area contributed by atoms with Gasteiger partial charge in [0, 0.05) is 0 Å². The zero-order valence-electron chi connectivity index (χ0n) is 8.26. The Morgan fingerprint density at radius 1 is 1.36 bits per heavy atom. The van der Waals surface area contributed by atoms with E-state index in [4.69, 9.17) is 15.3 Å². The first-order chi connectivity index (χ1) is 5.52. The molecule has 1 aromatic rings. The molecule has 1 aromatic carbocycles. The van der Waals surface area contributed by atoms with E-state index in [-0.39, 0.29) is 75.7 Å². The van der Waals surface area contributed by atoms with Gasteiger partial charge in [-0.25, -0.2) is 4.79 Å². The number of phenols is 2. The second-order valence-corrected chi connectivity index (χ2v) is 2.65. The van der Waals surface area contributed by atoms with Gasteiger partial charge in [0.15, 0.2) is 11.5 Å². The van der Waals surface area contributed by atoms with Gasteiger partial charge < -0.3 is 16.7 Å². The van der Waals surface area contributed by atoms with Crippen LogP contribution in [-0.4, -0.2) is 21.3 Å². The van der Waals surface area contributed by atoms with E-state index in [0.29, 0.717) is 0 Å². The summed E-state index contributed by atoms with van der Waals surface area (Å²) in [5.41, 5.74) is -0.115. The van der Waals surface area contributed by atoms with Gasteiger partial charge in [0.2, 0.25) is 0 Å². The number of hydrogen-bond donors (Lipinski definition) is 4. The third-order valence-corrected chi connectivity index (χ3v) is 1.66. The number of rotatable bonds is 1. The predicted molar refractivity (Wildman–Crippen MR) is 52.3 cm³/mol. The maximum absolute atomic E-state index is 10.4. The SMILES string of the molecule is Cl.O=C(O)c1cc(O)c(O)c(S)c1.[H-].[K+]. The quantitative estimate of drug-likeness (QED) is 0.286. The Morgan fingerprint density at radius 3 is 2.21 bits per heavy atom. The Balaban J connectivity index is -0.000000480. The van der Waals surface area contributed by atoms with Gasteiger partial charge >= 0.3 is 57.4 Å². The molecule has 0 aromatic heterocycles. The Kier molecular flexibility index (Phi) is 8.42. The molecule has 0 fully saturated rings. The van der Waals surface area contributed by atoms with Crippen molar-refractivity contribution in [2.45, 2.75) is 4.90 Å². The molecule has 0 saturated carbocycles. The van der Waals surface area contributed by atoms with Crippen molar-refractivity contribution in [2.75, 3.05) is 0 Å². The first-order valence-electron chi connectivity index (χ1n) is 3.00. The largest absolute Gasteiger partial charge is 1.00 e. The summed E-state index contributed by atoms with van der Waals surface area (Å²) in [7, 11) is 0. The average Bonchev–Trinajstić information content (AvgIpc) is 1.99. The second kappa shape index (κ2) is 6.94. The fourth-order valence-corrected chi connectivity index (χ4v) is 0.981. The second-order valence-electron chi connectivity index (χ2n) is 2.17. The maximum Gasteiger partial charge on any atom is 1.00 e. The minimum absolute atomic E-state index is 0. The minimum atomic E-state index is -1.18. The Morgan fingerprint density at radius 2 is 1.86 bits per heavy atom. The Labute approximate surface area is 136 Å². The smallest absolute Gasteiger partial charge is 1.00 e. The first kappa shape index (κ1) is 17.0. The average molecular weight is 263 g/mol. The van der Waals surface area contributed by atoms with E-state index in [1.807, 2.05) is 0 Å². The molecule has 0 aliphatic heterocycles. The number of carbonyl (C=O) groups is 1. The molecule has 0 aliphatic rings. The molecule has 0 spiro atoms. The molecule has 7 heteroatoms. The number of carboxylic acid groups (broad SMARTS) is 1. The summed E-state index contributed by atoms with van der Waals surface area (Å²) in [5.74, 6) is -2.08. The number of phenolic OH excluding ortho intramolecular Hbond substituents is 2. The van der Waals surface area contributed by atoms with Crippen molar-refractivity contribution in [3.05, 3.63) is 17.7 Å². The summed E-state index contributed by atoms with van der Waals surface area (Å²) >= 11 is 3.76. The van der Waals surface area contributed by atoms with Crippen LogP contribution >= 0.6 is 25.0 Å². The molecule has 0 radical (unpaired) electrons. The number of aromatic hydroxyl groups is 2. The van der Waals surface area contributed by atoms with Crippen LogP contribution in [0.3, 0.4) is 0 Å². The van der Waals surface area contributed by atoms with E-state index in [1.54, 1.807) is 0 Å². The topological polar surface area (TPSA) is 77.8 Å². The van der Waals surface area contributed by atoms with Crippen LogP contribution in [0.2, 0.25) is 0 Å². The zero-order chi connectivity index (χ0) is 9.30. The maximum atomic E-state index is 10.4. The summed E-state index contributed by atoms with van der Waals surface area (Å²) in [6, 6.07) is 2.11. The fourth-order valence-electron chi connectivity index (χ4n) is 0.728. The predicted octanol–water partition coefficient (Wildman–Crippen LogP) is -1.38. The molecule has 0 amide bonds. The molecule has 1 rings (SSSR count). The number of halogens is 1. The van der Waals surface area contributed by atoms with E-state index in [2.05, 4.69) is 12.6 Å².